The van der Waals surface area contributed by atoms with Gasteiger partial charge < -0.3 is 0 Å². The maximum absolute atomic E-state index is 12.9. The van der Waals surface area contributed by atoms with Gasteiger partial charge in [0.15, 0.2) is 29.5 Å². The molecule has 10 heteroatoms. The van der Waals surface area contributed by atoms with E-state index in [1.807, 2.05) is 0 Å². The summed E-state index contributed by atoms with van der Waals surface area (Å²) in [6.45, 7) is 6.78. The highest BCUT2D eigenvalue weighted by Crippen LogP contribution is 2.35. The predicted molar refractivity (Wildman–Crippen MR) is 179 cm³/mol. The SMILES string of the molecule is C1CCSC1.CC(C)(C)c1cccc2ccccc12.CS(=O)(=O)C(S(=O)(=O)C1CCCCC1)S(=O)(=O)C1CCCCC1. The van der Waals surface area contributed by atoms with Crippen molar-refractivity contribution in [2.24, 2.45) is 0 Å². The van der Waals surface area contributed by atoms with Crippen molar-refractivity contribution in [1.29, 1.82) is 0 Å². The van der Waals surface area contributed by atoms with Crippen LogP contribution in [0.1, 0.15) is 103 Å². The van der Waals surface area contributed by atoms with Crippen molar-refractivity contribution in [3.63, 3.8) is 0 Å². The van der Waals surface area contributed by atoms with Crippen LogP contribution in [0.4, 0.5) is 0 Å². The Morgan fingerprint density at radius 3 is 1.50 bits per heavy atom. The zero-order valence-electron chi connectivity index (χ0n) is 25.8. The number of rotatable bonds is 5. The van der Waals surface area contributed by atoms with Crippen LogP contribution in [-0.4, -0.2) is 57.4 Å². The van der Waals surface area contributed by atoms with E-state index in [0.717, 1.165) is 19.1 Å². The molecule has 1 heterocycles. The second kappa shape index (κ2) is 15.3. The summed E-state index contributed by atoms with van der Waals surface area (Å²) in [6, 6.07) is 15.1. The van der Waals surface area contributed by atoms with Crippen molar-refractivity contribution in [2.45, 2.75) is 118 Å². The quantitative estimate of drug-likeness (QED) is 0.329. The van der Waals surface area contributed by atoms with Crippen molar-refractivity contribution in [1.82, 2.24) is 0 Å². The number of hydrogen-bond donors (Lipinski definition) is 0. The molecule has 5 rings (SSSR count). The molecule has 2 aliphatic carbocycles. The van der Waals surface area contributed by atoms with Gasteiger partial charge in [-0.3, -0.25) is 0 Å². The Balaban J connectivity index is 0.000000213. The van der Waals surface area contributed by atoms with Gasteiger partial charge in [-0.2, -0.15) is 11.8 Å². The molecule has 0 atom stereocenters. The van der Waals surface area contributed by atoms with Gasteiger partial charge in [0.1, 0.15) is 0 Å². The lowest BCUT2D eigenvalue weighted by Gasteiger charge is -2.30. The van der Waals surface area contributed by atoms with Crippen LogP contribution in [-0.2, 0) is 34.9 Å². The normalized spacial score (nSPS) is 19.5. The van der Waals surface area contributed by atoms with Gasteiger partial charge in [0.2, 0.25) is 0 Å². The van der Waals surface area contributed by atoms with Gasteiger partial charge in [0, 0.05) is 6.26 Å². The van der Waals surface area contributed by atoms with E-state index in [0.29, 0.717) is 51.4 Å². The van der Waals surface area contributed by atoms with Crippen molar-refractivity contribution >= 4 is 52.0 Å². The van der Waals surface area contributed by atoms with E-state index in [1.54, 1.807) is 0 Å². The minimum atomic E-state index is -4.26. The summed E-state index contributed by atoms with van der Waals surface area (Å²) < 4.78 is 73.5. The maximum atomic E-state index is 12.9. The van der Waals surface area contributed by atoms with E-state index < -0.39 is 43.9 Å². The minimum Gasteiger partial charge on any atom is -0.227 e. The predicted octanol–water partition coefficient (Wildman–Crippen LogP) is 7.46. The van der Waals surface area contributed by atoms with Crippen LogP contribution in [0.15, 0.2) is 42.5 Å². The molecule has 3 aliphatic rings. The molecule has 6 nitrogen and oxygen atoms in total. The monoisotopic (exact) mass is 658 g/mol. The van der Waals surface area contributed by atoms with Crippen LogP contribution in [0.5, 0.6) is 0 Å². The third-order valence-electron chi connectivity index (χ3n) is 8.34. The van der Waals surface area contributed by atoms with E-state index in [4.69, 9.17) is 0 Å². The molecule has 42 heavy (non-hydrogen) atoms. The molecule has 0 spiro atoms. The second-order valence-corrected chi connectivity index (χ2v) is 21.8. The Labute approximate surface area is 259 Å². The summed E-state index contributed by atoms with van der Waals surface area (Å²) in [5, 5.41) is 1.01. The van der Waals surface area contributed by atoms with Gasteiger partial charge in [-0.15, -0.1) is 0 Å². The fourth-order valence-electron chi connectivity index (χ4n) is 6.17. The van der Waals surface area contributed by atoms with Gasteiger partial charge >= 0.3 is 0 Å². The van der Waals surface area contributed by atoms with Crippen LogP contribution in [0.25, 0.3) is 10.8 Å². The molecule has 3 fully saturated rings. The molecule has 0 amide bonds. The first-order valence-electron chi connectivity index (χ1n) is 15.4. The molecule has 2 aromatic rings. The zero-order chi connectivity index (χ0) is 31.0. The van der Waals surface area contributed by atoms with Crippen molar-refractivity contribution in [3.8, 4) is 0 Å². The summed E-state index contributed by atoms with van der Waals surface area (Å²) in [6.07, 6.45) is 9.69. The van der Waals surface area contributed by atoms with E-state index >= 15 is 0 Å². The largest absolute Gasteiger partial charge is 0.262 e. The molecular formula is C32H50O6S4. The Morgan fingerprint density at radius 2 is 1.10 bits per heavy atom. The van der Waals surface area contributed by atoms with Gasteiger partial charge in [-0.05, 0) is 71.8 Å². The molecule has 0 N–H and O–H groups in total. The Hall–Kier alpha value is -1.10. The van der Waals surface area contributed by atoms with E-state index in [9.17, 15) is 25.3 Å². The van der Waals surface area contributed by atoms with Crippen LogP contribution in [0, 0.1) is 0 Å². The number of benzene rings is 2. The molecule has 238 valence electrons. The summed E-state index contributed by atoms with van der Waals surface area (Å²) in [4.78, 5) is 0. The lowest BCUT2D eigenvalue weighted by Crippen LogP contribution is -2.47. The Morgan fingerprint density at radius 1 is 0.643 bits per heavy atom. The second-order valence-electron chi connectivity index (χ2n) is 12.9. The van der Waals surface area contributed by atoms with Crippen molar-refractivity contribution in [3.05, 3.63) is 48.0 Å². The zero-order valence-corrected chi connectivity index (χ0v) is 29.0. The third kappa shape index (κ3) is 9.45. The highest BCUT2D eigenvalue weighted by molar-refractivity contribution is 8.24. The highest BCUT2D eigenvalue weighted by atomic mass is 32.3. The minimum absolute atomic E-state index is 0.223. The number of fused-ring (bicyclic) bond motifs is 1. The third-order valence-corrected chi connectivity index (χ3v) is 19.4. The van der Waals surface area contributed by atoms with Gasteiger partial charge in [-0.1, -0.05) is 102 Å². The maximum Gasteiger partial charge on any atom is 0.262 e. The van der Waals surface area contributed by atoms with Crippen LogP contribution in [0.3, 0.4) is 0 Å². The Kier molecular flexibility index (Phi) is 12.9. The van der Waals surface area contributed by atoms with E-state index in [2.05, 4.69) is 75.0 Å². The van der Waals surface area contributed by atoms with Gasteiger partial charge in [0.25, 0.3) is 3.91 Å². The molecule has 0 bridgehead atoms. The molecule has 0 unspecified atom stereocenters. The summed E-state index contributed by atoms with van der Waals surface area (Å²) in [7, 11) is -12.8. The lowest BCUT2D eigenvalue weighted by atomic mass is 9.84. The first kappa shape index (κ1) is 35.4. The first-order chi connectivity index (χ1) is 19.7. The summed E-state index contributed by atoms with van der Waals surface area (Å²) >= 11 is 2.07. The molecule has 2 saturated carbocycles. The standard InChI is InChI=1S/C14H26O6S3.C14H16.C4H8S/c1-21(15,16)14(22(17,18)12-8-4-2-5-9-12)23(19,20)13-10-6-3-7-11-13;1-14(2,3)13-10-6-8-11-7-4-5-9-12(11)13;1-2-4-5-3-1/h12-14H,2-11H2,1H3;4-10H,1-3H3;1-4H2. The van der Waals surface area contributed by atoms with Crippen LogP contribution in [0.2, 0.25) is 0 Å². The highest BCUT2D eigenvalue weighted by Gasteiger charge is 2.52. The lowest BCUT2D eigenvalue weighted by molar-refractivity contribution is 0.476. The fraction of sp³-hybridized carbons (Fsp3) is 0.688. The number of hydrogen-bond acceptors (Lipinski definition) is 7. The average molecular weight is 659 g/mol. The summed E-state index contributed by atoms with van der Waals surface area (Å²) in [5.41, 5.74) is 1.65. The van der Waals surface area contributed by atoms with E-state index in [-0.39, 0.29) is 5.41 Å². The average Bonchev–Trinajstić information content (AvgIpc) is 3.53. The van der Waals surface area contributed by atoms with E-state index in [1.165, 1.54) is 40.7 Å². The van der Waals surface area contributed by atoms with Gasteiger partial charge in [0.05, 0.1) is 10.5 Å². The molecule has 1 saturated heterocycles. The van der Waals surface area contributed by atoms with Crippen LogP contribution < -0.4 is 0 Å². The van der Waals surface area contributed by atoms with Gasteiger partial charge in [-0.25, -0.2) is 25.3 Å². The smallest absolute Gasteiger partial charge is 0.227 e. The molecule has 0 aromatic heterocycles. The Bertz CT molecular complexity index is 1400. The molecule has 0 radical (unpaired) electrons. The number of sulfone groups is 3. The van der Waals surface area contributed by atoms with Crippen LogP contribution >= 0.6 is 11.8 Å². The molecule has 1 aliphatic heterocycles. The summed E-state index contributed by atoms with van der Waals surface area (Å²) in [5.74, 6) is 2.83. The fourth-order valence-corrected chi connectivity index (χ4v) is 17.1. The molecular weight excluding hydrogens is 609 g/mol. The first-order valence-corrected chi connectivity index (χ1v) is 21.7. The number of thioether (sulfide) groups is 1. The topological polar surface area (TPSA) is 102 Å². The van der Waals surface area contributed by atoms with Crippen molar-refractivity contribution in [2.75, 3.05) is 17.8 Å². The molecule has 2 aromatic carbocycles. The van der Waals surface area contributed by atoms with Crippen molar-refractivity contribution < 1.29 is 25.3 Å².